The first-order chi connectivity index (χ1) is 7.40. The second-order valence-electron chi connectivity index (χ2n) is 3.22. The normalized spacial score (nSPS) is 12.2. The molecule has 0 unspecified atom stereocenters. The van der Waals surface area contributed by atoms with Crippen molar-refractivity contribution in [1.82, 2.24) is 0 Å². The lowest BCUT2D eigenvalue weighted by Gasteiger charge is -2.14. The van der Waals surface area contributed by atoms with Crippen molar-refractivity contribution in [1.29, 1.82) is 0 Å². The van der Waals surface area contributed by atoms with Crippen LogP contribution in [0.4, 0.5) is 8.78 Å². The van der Waals surface area contributed by atoms with Gasteiger partial charge in [-0.3, -0.25) is 4.79 Å². The molecule has 0 aliphatic heterocycles. The number of aliphatic carboxylic acids is 1. The third-order valence-corrected chi connectivity index (χ3v) is 2.33. The first-order valence-electron chi connectivity index (χ1n) is 4.43. The van der Waals surface area contributed by atoms with Gasteiger partial charge in [0.2, 0.25) is 0 Å². The van der Waals surface area contributed by atoms with Crippen LogP contribution in [0.25, 0.3) is 0 Å². The Morgan fingerprint density at radius 1 is 1.56 bits per heavy atom. The van der Waals surface area contributed by atoms with Gasteiger partial charge in [0.1, 0.15) is 11.9 Å². The van der Waals surface area contributed by atoms with Crippen molar-refractivity contribution in [3.8, 4) is 5.75 Å². The molecule has 0 radical (unpaired) electrons. The fourth-order valence-electron chi connectivity index (χ4n) is 1.13. The van der Waals surface area contributed by atoms with Crippen molar-refractivity contribution in [2.24, 2.45) is 0 Å². The molecule has 0 saturated carbocycles. The summed E-state index contributed by atoms with van der Waals surface area (Å²) in [6, 6.07) is 1.72. The summed E-state index contributed by atoms with van der Waals surface area (Å²) in [4.78, 5) is 10.4. The molecule has 88 valence electrons. The van der Waals surface area contributed by atoms with E-state index >= 15 is 0 Å². The Kier molecular flexibility index (Phi) is 4.23. The quantitative estimate of drug-likeness (QED) is 0.929. The number of hydrogen-bond donors (Lipinski definition) is 1. The Hall–Kier alpha value is -1.17. The number of carbonyl (C=O) groups is 1. The van der Waals surface area contributed by atoms with Crippen LogP contribution in [0.2, 0.25) is 0 Å². The Morgan fingerprint density at radius 2 is 2.19 bits per heavy atom. The molecular formula is C10H9BrF2O3. The van der Waals surface area contributed by atoms with Crippen molar-refractivity contribution in [3.63, 3.8) is 0 Å². The maximum atomic E-state index is 13.3. The molecule has 16 heavy (non-hydrogen) atoms. The standard InChI is InChI=1S/C10H9BrF2O3/c1-5(2-9(14)15)16-10-7(11)3-6(12)4-8(10)13/h3-5H,2H2,1H3,(H,14,15)/t5-/m0/s1. The molecular weight excluding hydrogens is 286 g/mol. The molecule has 1 atom stereocenters. The number of rotatable bonds is 4. The van der Waals surface area contributed by atoms with Gasteiger partial charge in [0.05, 0.1) is 10.9 Å². The molecule has 3 nitrogen and oxygen atoms in total. The summed E-state index contributed by atoms with van der Waals surface area (Å²) in [5.41, 5.74) is 0. The monoisotopic (exact) mass is 294 g/mol. The first kappa shape index (κ1) is 12.9. The molecule has 0 fully saturated rings. The lowest BCUT2D eigenvalue weighted by Crippen LogP contribution is -2.17. The molecule has 0 aliphatic carbocycles. The number of carboxylic acid groups (broad SMARTS) is 1. The van der Waals surface area contributed by atoms with E-state index in [9.17, 15) is 13.6 Å². The van der Waals surface area contributed by atoms with Crippen LogP contribution in [0.3, 0.4) is 0 Å². The van der Waals surface area contributed by atoms with Gasteiger partial charge in [-0.2, -0.15) is 0 Å². The zero-order chi connectivity index (χ0) is 12.3. The van der Waals surface area contributed by atoms with E-state index in [1.807, 2.05) is 0 Å². The average Bonchev–Trinajstić information content (AvgIpc) is 2.09. The van der Waals surface area contributed by atoms with Crippen molar-refractivity contribution in [2.75, 3.05) is 0 Å². The molecule has 1 aromatic rings. The SMILES string of the molecule is C[C@@H](CC(=O)O)Oc1c(F)cc(F)cc1Br. The minimum absolute atomic E-state index is 0.113. The second kappa shape index (κ2) is 5.25. The fourth-order valence-corrected chi connectivity index (χ4v) is 1.63. The largest absolute Gasteiger partial charge is 0.486 e. The molecule has 0 spiro atoms. The summed E-state index contributed by atoms with van der Waals surface area (Å²) < 4.78 is 31.2. The minimum Gasteiger partial charge on any atom is -0.486 e. The number of hydrogen-bond acceptors (Lipinski definition) is 2. The van der Waals surface area contributed by atoms with E-state index in [-0.39, 0.29) is 16.6 Å². The van der Waals surface area contributed by atoms with Gasteiger partial charge < -0.3 is 9.84 Å². The Bertz CT molecular complexity index is 386. The van der Waals surface area contributed by atoms with Gasteiger partial charge in [-0.1, -0.05) is 0 Å². The van der Waals surface area contributed by atoms with Crippen LogP contribution >= 0.6 is 15.9 Å². The highest BCUT2D eigenvalue weighted by Crippen LogP contribution is 2.30. The van der Waals surface area contributed by atoms with Crippen LogP contribution in [0, 0.1) is 11.6 Å². The number of halogens is 3. The predicted octanol–water partition coefficient (Wildman–Crippen LogP) is 2.97. The molecule has 0 aromatic heterocycles. The van der Waals surface area contributed by atoms with Crippen molar-refractivity contribution < 1.29 is 23.4 Å². The van der Waals surface area contributed by atoms with Gasteiger partial charge in [-0.05, 0) is 28.9 Å². The lowest BCUT2D eigenvalue weighted by molar-refractivity contribution is -0.138. The van der Waals surface area contributed by atoms with Crippen molar-refractivity contribution >= 4 is 21.9 Å². The van der Waals surface area contributed by atoms with Gasteiger partial charge in [-0.15, -0.1) is 0 Å². The van der Waals surface area contributed by atoms with Crippen LogP contribution < -0.4 is 4.74 Å². The zero-order valence-corrected chi connectivity index (χ0v) is 9.92. The van der Waals surface area contributed by atoms with Crippen molar-refractivity contribution in [3.05, 3.63) is 28.2 Å². The van der Waals surface area contributed by atoms with Crippen LogP contribution in [-0.2, 0) is 4.79 Å². The highest BCUT2D eigenvalue weighted by Gasteiger charge is 2.16. The number of ether oxygens (including phenoxy) is 1. The van der Waals surface area contributed by atoms with Crippen LogP contribution in [0.15, 0.2) is 16.6 Å². The van der Waals surface area contributed by atoms with Crippen LogP contribution in [0.5, 0.6) is 5.75 Å². The van der Waals surface area contributed by atoms with Gasteiger partial charge in [-0.25, -0.2) is 8.78 Å². The summed E-state index contributed by atoms with van der Waals surface area (Å²) in [7, 11) is 0. The number of benzene rings is 1. The minimum atomic E-state index is -1.05. The highest BCUT2D eigenvalue weighted by atomic mass is 79.9. The Balaban J connectivity index is 2.85. The van der Waals surface area contributed by atoms with Crippen LogP contribution in [0.1, 0.15) is 13.3 Å². The van der Waals surface area contributed by atoms with Crippen molar-refractivity contribution in [2.45, 2.75) is 19.4 Å². The number of carboxylic acids is 1. The fraction of sp³-hybridized carbons (Fsp3) is 0.300. The molecule has 0 heterocycles. The Morgan fingerprint density at radius 3 is 2.69 bits per heavy atom. The summed E-state index contributed by atoms with van der Waals surface area (Å²) in [6.45, 7) is 1.49. The second-order valence-corrected chi connectivity index (χ2v) is 4.08. The van der Waals surface area contributed by atoms with Gasteiger partial charge in [0, 0.05) is 6.07 Å². The lowest BCUT2D eigenvalue weighted by atomic mass is 10.2. The zero-order valence-electron chi connectivity index (χ0n) is 8.34. The molecule has 1 N–H and O–H groups in total. The summed E-state index contributed by atoms with van der Waals surface area (Å²) >= 11 is 2.94. The van der Waals surface area contributed by atoms with Crippen LogP contribution in [-0.4, -0.2) is 17.2 Å². The van der Waals surface area contributed by atoms with Gasteiger partial charge in [0.15, 0.2) is 11.6 Å². The molecule has 0 saturated heterocycles. The van der Waals surface area contributed by atoms with E-state index in [2.05, 4.69) is 15.9 Å². The molecule has 0 amide bonds. The maximum Gasteiger partial charge on any atom is 0.307 e. The molecule has 0 aliphatic rings. The highest BCUT2D eigenvalue weighted by molar-refractivity contribution is 9.10. The summed E-state index contributed by atoms with van der Waals surface area (Å²) in [5, 5.41) is 8.50. The third-order valence-electron chi connectivity index (χ3n) is 1.74. The molecule has 0 bridgehead atoms. The van der Waals surface area contributed by atoms with Gasteiger partial charge in [0.25, 0.3) is 0 Å². The molecule has 6 heteroatoms. The smallest absolute Gasteiger partial charge is 0.307 e. The molecule has 1 rings (SSSR count). The first-order valence-corrected chi connectivity index (χ1v) is 5.22. The summed E-state index contributed by atoms with van der Waals surface area (Å²) in [5.74, 6) is -2.84. The topological polar surface area (TPSA) is 46.5 Å². The average molecular weight is 295 g/mol. The van der Waals surface area contributed by atoms with E-state index in [0.717, 1.165) is 6.07 Å². The van der Waals surface area contributed by atoms with E-state index in [4.69, 9.17) is 9.84 Å². The maximum absolute atomic E-state index is 13.3. The Labute approximate surface area is 99.2 Å². The van der Waals surface area contributed by atoms with E-state index in [1.54, 1.807) is 0 Å². The van der Waals surface area contributed by atoms with E-state index < -0.39 is 23.7 Å². The third kappa shape index (κ3) is 3.44. The van der Waals surface area contributed by atoms with E-state index in [0.29, 0.717) is 6.07 Å². The van der Waals surface area contributed by atoms with Gasteiger partial charge >= 0.3 is 5.97 Å². The summed E-state index contributed by atoms with van der Waals surface area (Å²) in [6.07, 6.45) is -0.961. The predicted molar refractivity (Wildman–Crippen MR) is 56.4 cm³/mol. The van der Waals surface area contributed by atoms with E-state index in [1.165, 1.54) is 6.92 Å². The molecule has 1 aromatic carbocycles.